The second kappa shape index (κ2) is 7.64. The van der Waals surface area contributed by atoms with Gasteiger partial charge in [0.2, 0.25) is 0 Å². The van der Waals surface area contributed by atoms with Gasteiger partial charge in [0.1, 0.15) is 5.69 Å². The van der Waals surface area contributed by atoms with E-state index in [1.165, 1.54) is 16.4 Å². The molecule has 0 radical (unpaired) electrons. The lowest BCUT2D eigenvalue weighted by molar-refractivity contribution is -0.137. The van der Waals surface area contributed by atoms with Crippen molar-refractivity contribution >= 4 is 17.7 Å². The smallest absolute Gasteiger partial charge is 0.305 e. The molecule has 0 saturated carbocycles. The first-order valence-corrected chi connectivity index (χ1v) is 8.15. The number of hydrogen-bond donors (Lipinski definition) is 2. The van der Waals surface area contributed by atoms with Crippen molar-refractivity contribution in [3.63, 3.8) is 0 Å². The first-order chi connectivity index (χ1) is 12.5. The molecule has 1 amide bonds. The molecule has 0 bridgehead atoms. The third-order valence-electron chi connectivity index (χ3n) is 3.83. The van der Waals surface area contributed by atoms with Crippen LogP contribution in [0.15, 0.2) is 48.8 Å². The molecule has 0 atom stereocenters. The maximum absolute atomic E-state index is 12.4. The minimum Gasteiger partial charge on any atom is -0.481 e. The van der Waals surface area contributed by atoms with Gasteiger partial charge in [0.25, 0.3) is 5.91 Å². The molecule has 0 fully saturated rings. The Morgan fingerprint density at radius 2 is 1.92 bits per heavy atom. The second-order valence-corrected chi connectivity index (χ2v) is 5.92. The van der Waals surface area contributed by atoms with E-state index < -0.39 is 5.97 Å². The summed E-state index contributed by atoms with van der Waals surface area (Å²) in [6, 6.07) is 11.4. The average molecular weight is 353 g/mol. The summed E-state index contributed by atoms with van der Waals surface area (Å²) in [6.07, 6.45) is 3.15. The SMILES string of the molecule is Cc1ccc(Cn2ccc(NC(=O)c3ccnn3CCC(=O)O)n2)cc1. The van der Waals surface area contributed by atoms with E-state index in [2.05, 4.69) is 15.5 Å². The van der Waals surface area contributed by atoms with Crippen molar-refractivity contribution in [2.75, 3.05) is 5.32 Å². The predicted molar refractivity (Wildman–Crippen MR) is 94.9 cm³/mol. The zero-order chi connectivity index (χ0) is 18.5. The van der Waals surface area contributed by atoms with Crippen molar-refractivity contribution < 1.29 is 14.7 Å². The van der Waals surface area contributed by atoms with Crippen LogP contribution < -0.4 is 5.32 Å². The number of carbonyl (C=O) groups excluding carboxylic acids is 1. The Labute approximate surface area is 150 Å². The fraction of sp³-hybridized carbons (Fsp3) is 0.222. The van der Waals surface area contributed by atoms with Crippen molar-refractivity contribution in [2.24, 2.45) is 0 Å². The van der Waals surface area contributed by atoms with Gasteiger partial charge in [-0.15, -0.1) is 0 Å². The number of anilines is 1. The van der Waals surface area contributed by atoms with E-state index in [1.807, 2.05) is 31.2 Å². The minimum atomic E-state index is -0.943. The third kappa shape index (κ3) is 4.35. The van der Waals surface area contributed by atoms with Gasteiger partial charge < -0.3 is 10.4 Å². The average Bonchev–Trinajstić information content (AvgIpc) is 3.24. The fourth-order valence-corrected chi connectivity index (χ4v) is 2.48. The molecule has 0 aliphatic carbocycles. The lowest BCUT2D eigenvalue weighted by atomic mass is 10.1. The van der Waals surface area contributed by atoms with Crippen LogP contribution in [-0.2, 0) is 17.9 Å². The van der Waals surface area contributed by atoms with Gasteiger partial charge in [-0.05, 0) is 18.6 Å². The van der Waals surface area contributed by atoms with E-state index in [0.29, 0.717) is 18.1 Å². The van der Waals surface area contributed by atoms with Crippen LogP contribution >= 0.6 is 0 Å². The van der Waals surface area contributed by atoms with Gasteiger partial charge in [0.15, 0.2) is 5.82 Å². The molecule has 134 valence electrons. The maximum atomic E-state index is 12.4. The highest BCUT2D eigenvalue weighted by Gasteiger charge is 2.14. The van der Waals surface area contributed by atoms with Crippen LogP contribution in [-0.4, -0.2) is 36.5 Å². The molecular formula is C18H19N5O3. The molecular weight excluding hydrogens is 334 g/mol. The number of carboxylic acid groups (broad SMARTS) is 1. The van der Waals surface area contributed by atoms with Gasteiger partial charge in [-0.3, -0.25) is 19.0 Å². The summed E-state index contributed by atoms with van der Waals surface area (Å²) in [4.78, 5) is 23.1. The highest BCUT2D eigenvalue weighted by Crippen LogP contribution is 2.10. The summed E-state index contributed by atoms with van der Waals surface area (Å²) in [5.41, 5.74) is 2.60. The number of amides is 1. The summed E-state index contributed by atoms with van der Waals surface area (Å²) < 4.78 is 3.11. The lowest BCUT2D eigenvalue weighted by Crippen LogP contribution is -2.19. The molecule has 2 aromatic heterocycles. The number of aliphatic carboxylic acids is 1. The van der Waals surface area contributed by atoms with Gasteiger partial charge in [-0.25, -0.2) is 0 Å². The number of aryl methyl sites for hydroxylation is 2. The van der Waals surface area contributed by atoms with Crippen LogP contribution in [0.4, 0.5) is 5.82 Å². The monoisotopic (exact) mass is 353 g/mol. The van der Waals surface area contributed by atoms with Gasteiger partial charge in [-0.1, -0.05) is 29.8 Å². The van der Waals surface area contributed by atoms with E-state index in [4.69, 9.17) is 5.11 Å². The molecule has 8 nitrogen and oxygen atoms in total. The zero-order valence-corrected chi connectivity index (χ0v) is 14.3. The molecule has 0 aliphatic heterocycles. The summed E-state index contributed by atoms with van der Waals surface area (Å²) in [7, 11) is 0. The quantitative estimate of drug-likeness (QED) is 0.678. The standard InChI is InChI=1S/C18H19N5O3/c1-13-2-4-14(5-3-13)12-22-10-7-16(21-22)20-18(26)15-6-9-19-23(15)11-8-17(24)25/h2-7,9-10H,8,11-12H2,1H3,(H,24,25)(H,20,21,26). The normalized spacial score (nSPS) is 10.7. The Balaban J connectivity index is 1.64. The van der Waals surface area contributed by atoms with Gasteiger partial charge >= 0.3 is 5.97 Å². The van der Waals surface area contributed by atoms with Crippen LogP contribution in [0, 0.1) is 6.92 Å². The Kier molecular flexibility index (Phi) is 5.12. The van der Waals surface area contributed by atoms with Crippen LogP contribution in [0.2, 0.25) is 0 Å². The van der Waals surface area contributed by atoms with Gasteiger partial charge in [-0.2, -0.15) is 10.2 Å². The molecule has 8 heteroatoms. The molecule has 0 aliphatic rings. The van der Waals surface area contributed by atoms with Crippen molar-refractivity contribution in [2.45, 2.75) is 26.4 Å². The Bertz CT molecular complexity index is 911. The summed E-state index contributed by atoms with van der Waals surface area (Å²) in [5.74, 6) is -0.900. The summed E-state index contributed by atoms with van der Waals surface area (Å²) in [6.45, 7) is 2.77. The summed E-state index contributed by atoms with van der Waals surface area (Å²) in [5, 5.41) is 19.8. The van der Waals surface area contributed by atoms with Crippen LogP contribution in [0.1, 0.15) is 28.0 Å². The number of benzene rings is 1. The van der Waals surface area contributed by atoms with Crippen LogP contribution in [0.25, 0.3) is 0 Å². The first kappa shape index (κ1) is 17.4. The molecule has 0 unspecified atom stereocenters. The number of hydrogen-bond acceptors (Lipinski definition) is 4. The molecule has 2 heterocycles. The number of nitrogens with one attached hydrogen (secondary N) is 1. The van der Waals surface area contributed by atoms with Gasteiger partial charge in [0.05, 0.1) is 19.5 Å². The van der Waals surface area contributed by atoms with E-state index in [-0.39, 0.29) is 18.9 Å². The summed E-state index contributed by atoms with van der Waals surface area (Å²) >= 11 is 0. The molecule has 2 N–H and O–H groups in total. The number of nitrogens with zero attached hydrogens (tertiary/aromatic N) is 4. The zero-order valence-electron chi connectivity index (χ0n) is 14.3. The lowest BCUT2D eigenvalue weighted by Gasteiger charge is -2.06. The molecule has 0 spiro atoms. The molecule has 3 aromatic rings. The molecule has 0 saturated heterocycles. The predicted octanol–water partition coefficient (Wildman–Crippen LogP) is 2.16. The van der Waals surface area contributed by atoms with Crippen molar-refractivity contribution in [3.05, 3.63) is 65.6 Å². The molecule has 26 heavy (non-hydrogen) atoms. The number of carbonyl (C=O) groups is 2. The van der Waals surface area contributed by atoms with E-state index in [1.54, 1.807) is 23.0 Å². The Morgan fingerprint density at radius 1 is 1.15 bits per heavy atom. The Hall–Kier alpha value is -3.42. The largest absolute Gasteiger partial charge is 0.481 e. The van der Waals surface area contributed by atoms with Crippen molar-refractivity contribution in [3.8, 4) is 0 Å². The molecule has 1 aromatic carbocycles. The molecule has 3 rings (SSSR count). The highest BCUT2D eigenvalue weighted by molar-refractivity contribution is 6.02. The topological polar surface area (TPSA) is 102 Å². The van der Waals surface area contributed by atoms with Crippen molar-refractivity contribution in [1.82, 2.24) is 19.6 Å². The van der Waals surface area contributed by atoms with E-state index in [0.717, 1.165) is 5.56 Å². The Morgan fingerprint density at radius 3 is 2.65 bits per heavy atom. The minimum absolute atomic E-state index is 0.104. The second-order valence-electron chi connectivity index (χ2n) is 5.92. The van der Waals surface area contributed by atoms with Crippen LogP contribution in [0.5, 0.6) is 0 Å². The number of aromatic nitrogens is 4. The van der Waals surface area contributed by atoms with Crippen molar-refractivity contribution in [1.29, 1.82) is 0 Å². The highest BCUT2D eigenvalue weighted by atomic mass is 16.4. The van der Waals surface area contributed by atoms with E-state index in [9.17, 15) is 9.59 Å². The number of carboxylic acids is 1. The van der Waals surface area contributed by atoms with E-state index >= 15 is 0 Å². The number of rotatable bonds is 7. The fourth-order valence-electron chi connectivity index (χ4n) is 2.48. The third-order valence-corrected chi connectivity index (χ3v) is 3.83. The van der Waals surface area contributed by atoms with Gasteiger partial charge in [0, 0.05) is 18.5 Å². The maximum Gasteiger partial charge on any atom is 0.305 e. The first-order valence-electron chi connectivity index (χ1n) is 8.15. The van der Waals surface area contributed by atoms with Crippen LogP contribution in [0.3, 0.4) is 0 Å².